The third kappa shape index (κ3) is 8.08. The Morgan fingerprint density at radius 1 is 0.730 bits per heavy atom. The summed E-state index contributed by atoms with van der Waals surface area (Å²) in [6.45, 7) is 3.69. The first-order valence-corrected chi connectivity index (χ1v) is 21.9. The molecule has 4 amide bonds. The molecule has 0 bridgehead atoms. The Morgan fingerprint density at radius 2 is 1.30 bits per heavy atom. The summed E-state index contributed by atoms with van der Waals surface area (Å²) in [6, 6.07) is 19.5. The van der Waals surface area contributed by atoms with Gasteiger partial charge in [-0.3, -0.25) is 14.6 Å². The molecular formula is C48H55N7O8. The summed E-state index contributed by atoms with van der Waals surface area (Å²) in [5.74, 6) is 1.22. The van der Waals surface area contributed by atoms with E-state index in [4.69, 9.17) is 28.9 Å². The first-order valence-electron chi connectivity index (χ1n) is 21.9. The summed E-state index contributed by atoms with van der Waals surface area (Å²) in [4.78, 5) is 69.3. The standard InChI is InChI=1S/C48H55N7O8/c1-7-41(61-4)43(53-48(59)63-6)46(57)55-38-20-33(38)22-40(55)44-50-24-36(51-44)27-10-8-26(9-11-27)28-12-13-30-17-31(15-14-29(30)16-28)34-18-35(49-23-34)39-21-32-19-37(32)54(39)45(56)42(25(2)60-3)52-47(58)62-5/h8-17,23-25,32-33,37-43H,7,18-22H2,1-6H3,(H,50,51)(H,52,58)(H,53,59)/t25-,32-,33-,37-,38-,39+,40+,41-,42+,43?/m1/s1. The summed E-state index contributed by atoms with van der Waals surface area (Å²) in [7, 11) is 5.64. The minimum Gasteiger partial charge on any atom is -0.453 e. The van der Waals surface area contributed by atoms with Crippen LogP contribution in [0, 0.1) is 11.8 Å². The van der Waals surface area contributed by atoms with E-state index < -0.39 is 36.5 Å². The molecule has 3 aliphatic heterocycles. The topological polar surface area (TPSA) is 177 Å². The molecule has 5 aliphatic rings. The molecule has 2 saturated heterocycles. The highest BCUT2D eigenvalue weighted by atomic mass is 16.5. The minimum atomic E-state index is -0.871. The Hall–Kier alpha value is -6.06. The average molecular weight is 858 g/mol. The zero-order valence-corrected chi connectivity index (χ0v) is 36.5. The van der Waals surface area contributed by atoms with Crippen LogP contribution in [0.1, 0.15) is 69.8 Å². The summed E-state index contributed by atoms with van der Waals surface area (Å²) in [5.41, 5.74) is 7.19. The molecule has 15 heteroatoms. The number of hydrogen-bond donors (Lipinski definition) is 3. The predicted octanol–water partition coefficient (Wildman–Crippen LogP) is 6.64. The number of rotatable bonds is 14. The number of allylic oxidation sites excluding steroid dienone is 1. The number of ether oxygens (including phenoxy) is 4. The summed E-state index contributed by atoms with van der Waals surface area (Å²) in [6.07, 6.45) is 6.17. The Labute approximate surface area is 366 Å². The molecule has 4 fully saturated rings. The van der Waals surface area contributed by atoms with E-state index in [9.17, 15) is 19.2 Å². The molecule has 3 aromatic carbocycles. The quantitative estimate of drug-likeness (QED) is 0.126. The molecule has 4 aromatic rings. The number of benzene rings is 3. The van der Waals surface area contributed by atoms with E-state index in [0.29, 0.717) is 24.7 Å². The number of nitrogens with one attached hydrogen (secondary N) is 3. The van der Waals surface area contributed by atoms with Crippen molar-refractivity contribution in [1.82, 2.24) is 30.4 Å². The van der Waals surface area contributed by atoms with Gasteiger partial charge in [0.25, 0.3) is 0 Å². The second-order valence-corrected chi connectivity index (χ2v) is 17.5. The number of hydrogen-bond acceptors (Lipinski definition) is 10. The Bertz CT molecular complexity index is 2480. The number of H-pyrrole nitrogens is 1. The molecule has 1 aromatic heterocycles. The number of aliphatic imine (C=N–C) groups is 1. The van der Waals surface area contributed by atoms with Crippen LogP contribution in [-0.4, -0.2) is 120 Å². The van der Waals surface area contributed by atoms with Crippen LogP contribution in [0.15, 0.2) is 78.1 Å². The third-order valence-electron chi connectivity index (χ3n) is 13.9. The molecule has 2 saturated carbocycles. The highest BCUT2D eigenvalue weighted by Crippen LogP contribution is 2.53. The fourth-order valence-electron chi connectivity index (χ4n) is 10.1. The van der Waals surface area contributed by atoms with Crippen molar-refractivity contribution in [2.75, 3.05) is 28.4 Å². The van der Waals surface area contributed by atoms with Crippen LogP contribution >= 0.6 is 0 Å². The number of alkyl carbamates (subject to hydrolysis) is 2. The Kier molecular flexibility index (Phi) is 11.6. The summed E-state index contributed by atoms with van der Waals surface area (Å²) in [5, 5.41) is 7.65. The maximum absolute atomic E-state index is 14.1. The molecule has 4 heterocycles. The van der Waals surface area contributed by atoms with E-state index in [2.05, 4.69) is 76.3 Å². The van der Waals surface area contributed by atoms with Gasteiger partial charge < -0.3 is 44.4 Å². The normalized spacial score (nSPS) is 25.0. The van der Waals surface area contributed by atoms with Crippen LogP contribution in [0.2, 0.25) is 0 Å². The smallest absolute Gasteiger partial charge is 0.407 e. The van der Waals surface area contributed by atoms with Gasteiger partial charge in [0, 0.05) is 44.6 Å². The van der Waals surface area contributed by atoms with E-state index in [-0.39, 0.29) is 36.0 Å². The minimum absolute atomic E-state index is 0.114. The van der Waals surface area contributed by atoms with Crippen molar-refractivity contribution in [2.45, 2.75) is 101 Å². The van der Waals surface area contributed by atoms with Crippen molar-refractivity contribution in [1.29, 1.82) is 0 Å². The van der Waals surface area contributed by atoms with E-state index in [0.717, 1.165) is 81.5 Å². The van der Waals surface area contributed by atoms with Gasteiger partial charge in [-0.1, -0.05) is 55.5 Å². The summed E-state index contributed by atoms with van der Waals surface area (Å²) >= 11 is 0. The lowest BCUT2D eigenvalue weighted by atomic mass is 9.94. The van der Waals surface area contributed by atoms with Crippen LogP contribution in [0.3, 0.4) is 0 Å². The van der Waals surface area contributed by atoms with E-state index in [1.54, 1.807) is 14.0 Å². The average Bonchev–Trinajstić information content (AvgIpc) is 3.89. The molecule has 1 unspecified atom stereocenters. The zero-order chi connectivity index (χ0) is 44.1. The number of imidazole rings is 1. The number of carbonyl (C=O) groups excluding carboxylic acids is 4. The number of aromatic nitrogens is 2. The first kappa shape index (κ1) is 42.3. The number of carbonyl (C=O) groups is 4. The Balaban J connectivity index is 0.856. The molecule has 0 spiro atoms. The molecule has 63 heavy (non-hydrogen) atoms. The van der Waals surface area contributed by atoms with E-state index >= 15 is 0 Å². The molecule has 9 rings (SSSR count). The van der Waals surface area contributed by atoms with Crippen LogP contribution in [0.4, 0.5) is 9.59 Å². The number of methoxy groups -OCH3 is 4. The number of likely N-dealkylation sites (tertiary alicyclic amines) is 2. The third-order valence-corrected chi connectivity index (χ3v) is 13.9. The Morgan fingerprint density at radius 3 is 1.94 bits per heavy atom. The lowest BCUT2D eigenvalue weighted by Gasteiger charge is -2.33. The number of aromatic amines is 1. The number of piperidine rings is 2. The maximum atomic E-state index is 14.1. The molecule has 2 aliphatic carbocycles. The van der Waals surface area contributed by atoms with E-state index in [1.165, 1.54) is 21.3 Å². The van der Waals surface area contributed by atoms with Gasteiger partial charge in [-0.25, -0.2) is 14.6 Å². The van der Waals surface area contributed by atoms with Gasteiger partial charge in [0.05, 0.1) is 50.4 Å². The maximum Gasteiger partial charge on any atom is 0.407 e. The molecule has 330 valence electrons. The van der Waals surface area contributed by atoms with Crippen LogP contribution in [0.5, 0.6) is 0 Å². The van der Waals surface area contributed by atoms with Crippen molar-refractivity contribution in [3.05, 3.63) is 84.4 Å². The van der Waals surface area contributed by atoms with E-state index in [1.807, 2.05) is 29.1 Å². The van der Waals surface area contributed by atoms with Gasteiger partial charge in [0.1, 0.15) is 17.9 Å². The summed E-state index contributed by atoms with van der Waals surface area (Å²) < 4.78 is 20.7. The molecule has 15 nitrogen and oxygen atoms in total. The fourth-order valence-corrected chi connectivity index (χ4v) is 10.1. The largest absolute Gasteiger partial charge is 0.453 e. The lowest BCUT2D eigenvalue weighted by molar-refractivity contribution is -0.139. The first-order chi connectivity index (χ1) is 30.5. The SMILES string of the molecule is CC[C@@H](OC)C(NC(=O)OC)C(=O)N1[C@@H]2C[C@@H]2C[C@H]1c1ncc(-c2ccc(-c3ccc4cc(C5=CN=C([C@@H]6C[C@H]7C[C@H]7N6C(=O)[C@@H](NC(=O)OC)[C@@H](C)OC)C5)ccc4c3)cc2)[nH]1. The number of nitrogens with zero attached hydrogens (tertiary/aromatic N) is 4. The second-order valence-electron chi connectivity index (χ2n) is 17.5. The highest BCUT2D eigenvalue weighted by Gasteiger charge is 2.58. The van der Waals surface area contributed by atoms with Gasteiger partial charge in [0.2, 0.25) is 11.8 Å². The van der Waals surface area contributed by atoms with Gasteiger partial charge in [0.15, 0.2) is 0 Å². The predicted molar refractivity (Wildman–Crippen MR) is 236 cm³/mol. The number of amides is 4. The van der Waals surface area contributed by atoms with Crippen molar-refractivity contribution in [3.8, 4) is 22.4 Å². The second kappa shape index (κ2) is 17.2. The van der Waals surface area contributed by atoms with Gasteiger partial charge in [-0.05, 0) is 102 Å². The monoisotopic (exact) mass is 857 g/mol. The molecular weight excluding hydrogens is 803 g/mol. The van der Waals surface area contributed by atoms with Crippen LogP contribution in [-0.2, 0) is 28.5 Å². The fraction of sp³-hybridized carbons (Fsp3) is 0.458. The van der Waals surface area contributed by atoms with Crippen molar-refractivity contribution in [3.63, 3.8) is 0 Å². The lowest BCUT2D eigenvalue weighted by Crippen LogP contribution is -2.57. The van der Waals surface area contributed by atoms with Crippen molar-refractivity contribution < 1.29 is 38.1 Å². The van der Waals surface area contributed by atoms with Crippen LogP contribution in [0.25, 0.3) is 38.7 Å². The van der Waals surface area contributed by atoms with Crippen molar-refractivity contribution in [2.24, 2.45) is 16.8 Å². The van der Waals surface area contributed by atoms with Gasteiger partial charge >= 0.3 is 12.2 Å². The van der Waals surface area contributed by atoms with Gasteiger partial charge in [-0.2, -0.15) is 0 Å². The van der Waals surface area contributed by atoms with Gasteiger partial charge in [-0.15, -0.1) is 0 Å². The highest BCUT2D eigenvalue weighted by molar-refractivity contribution is 6.05. The molecule has 0 radical (unpaired) electrons. The van der Waals surface area contributed by atoms with Crippen LogP contribution < -0.4 is 10.6 Å². The molecule has 3 N–H and O–H groups in total. The number of fused-ring (bicyclic) bond motifs is 3. The molecule has 10 atom stereocenters. The van der Waals surface area contributed by atoms with Crippen molar-refractivity contribution >= 4 is 46.1 Å². The zero-order valence-electron chi connectivity index (χ0n) is 36.5.